The highest BCUT2D eigenvalue weighted by Gasteiger charge is 2.41. The van der Waals surface area contributed by atoms with Gasteiger partial charge in [0.15, 0.2) is 0 Å². The zero-order valence-corrected chi connectivity index (χ0v) is 19.9. The number of carbonyl (C=O) groups excluding carboxylic acids is 2. The minimum atomic E-state index is -0.600. The minimum absolute atomic E-state index is 0.000622. The summed E-state index contributed by atoms with van der Waals surface area (Å²) in [7, 11) is 0. The van der Waals surface area contributed by atoms with Gasteiger partial charge in [-0.3, -0.25) is 9.59 Å². The molecule has 1 heterocycles. The van der Waals surface area contributed by atoms with Gasteiger partial charge >= 0.3 is 0 Å². The van der Waals surface area contributed by atoms with Crippen LogP contribution in [0.2, 0.25) is 10.0 Å². The summed E-state index contributed by atoms with van der Waals surface area (Å²) < 4.78 is 14.8. The summed E-state index contributed by atoms with van der Waals surface area (Å²) in [6.45, 7) is 6.93. The lowest BCUT2D eigenvalue weighted by atomic mass is 9.73. The van der Waals surface area contributed by atoms with Crippen molar-refractivity contribution >= 4 is 35.0 Å². The second kappa shape index (κ2) is 10.1. The Kier molecular flexibility index (Phi) is 7.87. The number of carbonyl (C=O) groups is 2. The van der Waals surface area contributed by atoms with Gasteiger partial charge in [-0.15, -0.1) is 0 Å². The fraction of sp³-hybridized carbons (Fsp3) is 0.652. The Labute approximate surface area is 193 Å². The van der Waals surface area contributed by atoms with Gasteiger partial charge in [-0.25, -0.2) is 4.39 Å². The van der Waals surface area contributed by atoms with Crippen molar-refractivity contribution in [1.29, 1.82) is 0 Å². The van der Waals surface area contributed by atoms with Gasteiger partial charge in [-0.2, -0.15) is 0 Å². The summed E-state index contributed by atoms with van der Waals surface area (Å²) in [6, 6.07) is 1.99. The van der Waals surface area contributed by atoms with E-state index >= 15 is 0 Å². The van der Waals surface area contributed by atoms with Crippen LogP contribution in [0.3, 0.4) is 0 Å². The third-order valence-corrected chi connectivity index (χ3v) is 8.02. The van der Waals surface area contributed by atoms with Crippen molar-refractivity contribution in [2.45, 2.75) is 77.4 Å². The summed E-state index contributed by atoms with van der Waals surface area (Å²) in [5.74, 6) is -0.825. The molecule has 1 saturated heterocycles. The minimum Gasteiger partial charge on any atom is -0.352 e. The maximum Gasteiger partial charge on any atom is 0.237 e. The summed E-state index contributed by atoms with van der Waals surface area (Å²) in [5.41, 5.74) is -0.152. The van der Waals surface area contributed by atoms with E-state index in [0.717, 1.165) is 32.2 Å². The van der Waals surface area contributed by atoms with Crippen LogP contribution in [0.4, 0.5) is 4.39 Å². The van der Waals surface area contributed by atoms with E-state index < -0.39 is 17.3 Å². The van der Waals surface area contributed by atoms with Crippen LogP contribution in [0.25, 0.3) is 0 Å². The molecule has 0 unspecified atom stereocenters. The predicted molar refractivity (Wildman–Crippen MR) is 122 cm³/mol. The highest BCUT2D eigenvalue weighted by molar-refractivity contribution is 6.42. The van der Waals surface area contributed by atoms with E-state index in [-0.39, 0.29) is 45.4 Å². The lowest BCUT2D eigenvalue weighted by Gasteiger charge is -2.41. The van der Waals surface area contributed by atoms with E-state index in [2.05, 4.69) is 16.0 Å². The van der Waals surface area contributed by atoms with Gasteiger partial charge < -0.3 is 16.0 Å². The molecule has 31 heavy (non-hydrogen) atoms. The zero-order valence-electron chi connectivity index (χ0n) is 18.4. The number of halogens is 3. The summed E-state index contributed by atoms with van der Waals surface area (Å²) >= 11 is 12.6. The van der Waals surface area contributed by atoms with Gasteiger partial charge in [0.25, 0.3) is 0 Å². The average Bonchev–Trinajstić information content (AvgIpc) is 3.26. The van der Waals surface area contributed by atoms with Crippen LogP contribution in [0.15, 0.2) is 12.1 Å². The van der Waals surface area contributed by atoms with Crippen LogP contribution in [-0.2, 0) is 9.59 Å². The third-order valence-electron chi connectivity index (χ3n) is 7.20. The first kappa shape index (κ1) is 24.3. The Morgan fingerprint density at radius 3 is 2.48 bits per heavy atom. The molecule has 2 aliphatic rings. The molecule has 0 spiro atoms. The van der Waals surface area contributed by atoms with Crippen molar-refractivity contribution in [2.24, 2.45) is 11.3 Å². The lowest BCUT2D eigenvalue weighted by Crippen LogP contribution is -2.54. The number of amides is 2. The monoisotopic (exact) mass is 471 g/mol. The predicted octanol–water partition coefficient (Wildman–Crippen LogP) is 4.76. The number of hydrogen-bond donors (Lipinski definition) is 3. The van der Waals surface area contributed by atoms with Crippen molar-refractivity contribution < 1.29 is 14.0 Å². The van der Waals surface area contributed by atoms with Crippen molar-refractivity contribution in [3.05, 3.63) is 33.6 Å². The highest BCUT2D eigenvalue weighted by Crippen LogP contribution is 2.45. The average molecular weight is 472 g/mol. The molecule has 0 radical (unpaired) electrons. The van der Waals surface area contributed by atoms with Crippen LogP contribution < -0.4 is 16.0 Å². The molecule has 3 rings (SSSR count). The fourth-order valence-corrected chi connectivity index (χ4v) is 4.91. The first-order valence-electron chi connectivity index (χ1n) is 11.2. The lowest BCUT2D eigenvalue weighted by molar-refractivity contribution is -0.132. The van der Waals surface area contributed by atoms with Gasteiger partial charge in [0.05, 0.1) is 22.1 Å². The van der Waals surface area contributed by atoms with Crippen LogP contribution in [0.1, 0.15) is 70.9 Å². The maximum absolute atomic E-state index is 14.8. The second-order valence-electron chi connectivity index (χ2n) is 9.08. The Morgan fingerprint density at radius 2 is 1.90 bits per heavy atom. The van der Waals surface area contributed by atoms with E-state index in [1.807, 2.05) is 20.8 Å². The number of benzene rings is 1. The van der Waals surface area contributed by atoms with E-state index in [4.69, 9.17) is 23.2 Å². The molecule has 2 atom stereocenters. The van der Waals surface area contributed by atoms with Crippen LogP contribution in [-0.4, -0.2) is 30.4 Å². The van der Waals surface area contributed by atoms with Crippen molar-refractivity contribution in [2.75, 3.05) is 6.54 Å². The smallest absolute Gasteiger partial charge is 0.237 e. The van der Waals surface area contributed by atoms with Crippen molar-refractivity contribution in [3.8, 4) is 0 Å². The standard InChI is InChI=1S/C23H32Cl2FN3O2/c1-4-23(3,5-2)20(18-16(26)9-8-15(24)19(18)25)29-21(30)13-11-14(12-13)28-22(31)17-7-6-10-27-17/h8-9,13-14,17,20,27H,4-7,10-12H2,1-3H3,(H,28,31)(H,29,30)/t13?,14?,17-,20-/m1/s1. The maximum atomic E-state index is 14.8. The molecule has 8 heteroatoms. The molecule has 1 aliphatic heterocycles. The molecule has 3 N–H and O–H groups in total. The van der Waals surface area contributed by atoms with Crippen molar-refractivity contribution in [3.63, 3.8) is 0 Å². The molecule has 0 aromatic heterocycles. The third kappa shape index (κ3) is 5.18. The molecule has 1 aromatic rings. The molecule has 1 aromatic carbocycles. The molecule has 5 nitrogen and oxygen atoms in total. The molecule has 2 amide bonds. The molecule has 172 valence electrons. The summed E-state index contributed by atoms with van der Waals surface area (Å²) in [5, 5.41) is 9.68. The van der Waals surface area contributed by atoms with Gasteiger partial charge in [0.1, 0.15) is 5.82 Å². The number of rotatable bonds is 8. The topological polar surface area (TPSA) is 70.2 Å². The molecule has 2 fully saturated rings. The Bertz CT molecular complexity index is 819. The highest BCUT2D eigenvalue weighted by atomic mass is 35.5. The summed E-state index contributed by atoms with van der Waals surface area (Å²) in [4.78, 5) is 25.3. The van der Waals surface area contributed by atoms with E-state index in [0.29, 0.717) is 12.8 Å². The van der Waals surface area contributed by atoms with E-state index in [1.54, 1.807) is 0 Å². The van der Waals surface area contributed by atoms with Crippen LogP contribution >= 0.6 is 23.2 Å². The zero-order chi connectivity index (χ0) is 22.8. The Balaban J connectivity index is 1.69. The van der Waals surface area contributed by atoms with Crippen molar-refractivity contribution in [1.82, 2.24) is 16.0 Å². The molecule has 1 saturated carbocycles. The Morgan fingerprint density at radius 1 is 1.23 bits per heavy atom. The number of hydrogen-bond acceptors (Lipinski definition) is 3. The largest absolute Gasteiger partial charge is 0.352 e. The van der Waals surface area contributed by atoms with E-state index in [9.17, 15) is 14.0 Å². The first-order valence-corrected chi connectivity index (χ1v) is 11.9. The SMILES string of the molecule is CCC(C)(CC)[C@H](NC(=O)C1CC(NC(=O)[C@H]2CCCN2)C1)c1c(F)ccc(Cl)c1Cl. The molecule has 1 aliphatic carbocycles. The van der Waals surface area contributed by atoms with Gasteiger partial charge in [-0.05, 0) is 62.6 Å². The first-order chi connectivity index (χ1) is 14.7. The van der Waals surface area contributed by atoms with E-state index in [1.165, 1.54) is 12.1 Å². The number of nitrogens with one attached hydrogen (secondary N) is 3. The van der Waals surface area contributed by atoms with Gasteiger partial charge in [0.2, 0.25) is 11.8 Å². The molecular weight excluding hydrogens is 440 g/mol. The van der Waals surface area contributed by atoms with Crippen LogP contribution in [0.5, 0.6) is 0 Å². The van der Waals surface area contributed by atoms with Gasteiger partial charge in [0, 0.05) is 17.5 Å². The molecule has 0 bridgehead atoms. The molecular formula is C23H32Cl2FN3O2. The summed E-state index contributed by atoms with van der Waals surface area (Å²) in [6.07, 6.45) is 4.48. The quantitative estimate of drug-likeness (QED) is 0.478. The fourth-order valence-electron chi connectivity index (χ4n) is 4.48. The van der Waals surface area contributed by atoms with Gasteiger partial charge in [-0.1, -0.05) is 44.0 Å². The normalized spacial score (nSPS) is 24.4. The van der Waals surface area contributed by atoms with Crippen LogP contribution in [0, 0.1) is 17.2 Å². The Hall–Kier alpha value is -1.37. The second-order valence-corrected chi connectivity index (χ2v) is 9.87.